The summed E-state index contributed by atoms with van der Waals surface area (Å²) in [6, 6.07) is 10.1. The topological polar surface area (TPSA) is 97.2 Å². The molecule has 0 amide bonds. The van der Waals surface area contributed by atoms with Gasteiger partial charge in [-0.05, 0) is 65.2 Å². The van der Waals surface area contributed by atoms with Gasteiger partial charge in [-0.25, -0.2) is 18.1 Å². The second-order valence-corrected chi connectivity index (χ2v) is 8.67. The van der Waals surface area contributed by atoms with Gasteiger partial charge in [0, 0.05) is 4.47 Å². The van der Waals surface area contributed by atoms with Gasteiger partial charge in [-0.3, -0.25) is 4.79 Å². The highest BCUT2D eigenvalue weighted by molar-refractivity contribution is 9.10. The van der Waals surface area contributed by atoms with Crippen molar-refractivity contribution in [2.75, 3.05) is 0 Å². The average Bonchev–Trinajstić information content (AvgIpc) is 3.03. The SMILES string of the molecule is Cc1cc(Br)c(S(=O)(=O)c2n[nH]n3c2nc(=O)c2ccccc23)cc1C. The van der Waals surface area contributed by atoms with E-state index in [9.17, 15) is 13.2 Å². The van der Waals surface area contributed by atoms with Gasteiger partial charge < -0.3 is 0 Å². The Labute approximate surface area is 156 Å². The quantitative estimate of drug-likeness (QED) is 0.525. The lowest BCUT2D eigenvalue weighted by Gasteiger charge is -2.08. The largest absolute Gasteiger partial charge is 0.281 e. The smallest absolute Gasteiger partial charge is 0.267 e. The van der Waals surface area contributed by atoms with Crippen molar-refractivity contribution >= 4 is 42.3 Å². The Bertz CT molecular complexity index is 1360. The minimum atomic E-state index is -3.99. The Morgan fingerprint density at radius 3 is 2.58 bits per heavy atom. The van der Waals surface area contributed by atoms with Crippen LogP contribution < -0.4 is 5.56 Å². The van der Waals surface area contributed by atoms with Crippen molar-refractivity contribution in [3.8, 4) is 0 Å². The van der Waals surface area contributed by atoms with Crippen molar-refractivity contribution in [3.05, 3.63) is 62.4 Å². The van der Waals surface area contributed by atoms with Crippen molar-refractivity contribution in [1.82, 2.24) is 19.8 Å². The number of rotatable bonds is 2. The molecule has 0 saturated carbocycles. The molecule has 0 unspecified atom stereocenters. The first-order chi connectivity index (χ1) is 12.3. The summed E-state index contributed by atoms with van der Waals surface area (Å²) in [5.74, 6) is 0. The van der Waals surface area contributed by atoms with E-state index < -0.39 is 15.4 Å². The van der Waals surface area contributed by atoms with E-state index in [4.69, 9.17) is 0 Å². The van der Waals surface area contributed by atoms with E-state index in [1.807, 2.05) is 13.8 Å². The number of para-hydroxylation sites is 1. The number of benzene rings is 2. The number of hydrogen-bond acceptors (Lipinski definition) is 5. The molecule has 4 aromatic rings. The molecule has 0 aliphatic heterocycles. The van der Waals surface area contributed by atoms with Gasteiger partial charge in [0.1, 0.15) is 0 Å². The minimum absolute atomic E-state index is 0.0289. The Balaban J connectivity index is 2.06. The fourth-order valence-corrected chi connectivity index (χ4v) is 5.30. The summed E-state index contributed by atoms with van der Waals surface area (Å²) in [5, 5.41) is 6.70. The maximum Gasteiger partial charge on any atom is 0.281 e. The van der Waals surface area contributed by atoms with Crippen LogP contribution in [0.15, 0.2) is 55.6 Å². The van der Waals surface area contributed by atoms with Gasteiger partial charge >= 0.3 is 0 Å². The zero-order valence-corrected chi connectivity index (χ0v) is 16.2. The summed E-state index contributed by atoms with van der Waals surface area (Å²) >= 11 is 3.31. The number of aromatic amines is 1. The standard InChI is InChI=1S/C17H13BrN4O3S/c1-9-7-12(18)14(8-10(9)2)26(24,25)17-15-19-16(23)11-5-3-4-6-13(11)22(15)21-20-17/h3-8,21H,1-2H3. The molecule has 0 spiro atoms. The maximum absolute atomic E-state index is 13.2. The number of aromatic nitrogens is 4. The lowest BCUT2D eigenvalue weighted by molar-refractivity contribution is 0.592. The third kappa shape index (κ3) is 2.38. The molecule has 0 fully saturated rings. The van der Waals surface area contributed by atoms with Crippen LogP contribution in [0.5, 0.6) is 0 Å². The maximum atomic E-state index is 13.2. The summed E-state index contributed by atoms with van der Waals surface area (Å²) < 4.78 is 28.2. The van der Waals surface area contributed by atoms with Crippen LogP contribution in [0.2, 0.25) is 0 Å². The molecule has 4 rings (SSSR count). The summed E-state index contributed by atoms with van der Waals surface area (Å²) in [7, 11) is -3.99. The number of nitrogens with one attached hydrogen (secondary N) is 1. The number of hydrogen-bond donors (Lipinski definition) is 1. The van der Waals surface area contributed by atoms with E-state index in [1.165, 1.54) is 4.52 Å². The first-order valence-electron chi connectivity index (χ1n) is 7.68. The van der Waals surface area contributed by atoms with Crippen molar-refractivity contribution < 1.29 is 8.42 Å². The molecule has 2 aromatic carbocycles. The molecule has 0 saturated heterocycles. The highest BCUT2D eigenvalue weighted by atomic mass is 79.9. The molecule has 7 nitrogen and oxygen atoms in total. The van der Waals surface area contributed by atoms with E-state index >= 15 is 0 Å². The first kappa shape index (κ1) is 16.9. The van der Waals surface area contributed by atoms with Crippen LogP contribution in [0.25, 0.3) is 16.6 Å². The predicted octanol–water partition coefficient (Wildman–Crippen LogP) is 2.78. The van der Waals surface area contributed by atoms with Gasteiger partial charge in [-0.2, -0.15) is 4.98 Å². The van der Waals surface area contributed by atoms with E-state index in [0.29, 0.717) is 15.4 Å². The Hall–Kier alpha value is -2.52. The summed E-state index contributed by atoms with van der Waals surface area (Å²) in [4.78, 5) is 16.3. The summed E-state index contributed by atoms with van der Waals surface area (Å²) in [5.41, 5.74) is 1.78. The Kier molecular flexibility index (Phi) is 3.74. The summed E-state index contributed by atoms with van der Waals surface area (Å²) in [6.07, 6.45) is 0. The molecule has 2 aromatic heterocycles. The van der Waals surface area contributed by atoms with Gasteiger partial charge in [0.2, 0.25) is 14.9 Å². The molecule has 0 atom stereocenters. The van der Waals surface area contributed by atoms with E-state index in [2.05, 4.69) is 31.2 Å². The molecular weight excluding hydrogens is 420 g/mol. The number of fused-ring (bicyclic) bond motifs is 3. The molecule has 0 bridgehead atoms. The number of nitrogens with zero attached hydrogens (tertiary/aromatic N) is 3. The third-order valence-corrected chi connectivity index (χ3v) is 6.95. The second-order valence-electron chi connectivity index (χ2n) is 5.98. The molecule has 26 heavy (non-hydrogen) atoms. The highest BCUT2D eigenvalue weighted by Gasteiger charge is 2.28. The van der Waals surface area contributed by atoms with Crippen LogP contribution in [0, 0.1) is 13.8 Å². The zero-order chi connectivity index (χ0) is 18.6. The molecule has 0 radical (unpaired) electrons. The van der Waals surface area contributed by atoms with Crippen molar-refractivity contribution in [2.24, 2.45) is 0 Å². The second kappa shape index (κ2) is 5.75. The van der Waals surface area contributed by atoms with Gasteiger partial charge in [0.15, 0.2) is 5.65 Å². The molecular formula is C17H13BrN4O3S. The van der Waals surface area contributed by atoms with Crippen LogP contribution in [0.4, 0.5) is 0 Å². The molecule has 9 heteroatoms. The third-order valence-electron chi connectivity index (χ3n) is 4.33. The van der Waals surface area contributed by atoms with E-state index in [-0.39, 0.29) is 15.6 Å². The van der Waals surface area contributed by atoms with Gasteiger partial charge in [0.05, 0.1) is 15.8 Å². The van der Waals surface area contributed by atoms with Crippen LogP contribution in [0.1, 0.15) is 11.1 Å². The predicted molar refractivity (Wildman–Crippen MR) is 100 cm³/mol. The van der Waals surface area contributed by atoms with Crippen molar-refractivity contribution in [3.63, 3.8) is 0 Å². The molecule has 2 heterocycles. The van der Waals surface area contributed by atoms with Crippen LogP contribution in [-0.2, 0) is 9.84 Å². The summed E-state index contributed by atoms with van der Waals surface area (Å²) in [6.45, 7) is 3.73. The van der Waals surface area contributed by atoms with Gasteiger partial charge in [-0.15, -0.1) is 5.10 Å². The molecule has 132 valence electrons. The number of halogens is 1. The number of sulfone groups is 1. The number of aryl methyl sites for hydroxylation is 2. The first-order valence-corrected chi connectivity index (χ1v) is 9.96. The van der Waals surface area contributed by atoms with Gasteiger partial charge in [-0.1, -0.05) is 12.1 Å². The lowest BCUT2D eigenvalue weighted by Crippen LogP contribution is -2.12. The monoisotopic (exact) mass is 432 g/mol. The molecule has 0 aliphatic rings. The molecule has 0 aliphatic carbocycles. The highest BCUT2D eigenvalue weighted by Crippen LogP contribution is 2.31. The Morgan fingerprint density at radius 1 is 1.12 bits per heavy atom. The number of H-pyrrole nitrogens is 1. The Morgan fingerprint density at radius 2 is 1.81 bits per heavy atom. The molecule has 1 N–H and O–H groups in total. The lowest BCUT2D eigenvalue weighted by atomic mass is 10.1. The fourth-order valence-electron chi connectivity index (χ4n) is 2.80. The van der Waals surface area contributed by atoms with Gasteiger partial charge in [0.25, 0.3) is 5.56 Å². The zero-order valence-electron chi connectivity index (χ0n) is 13.8. The van der Waals surface area contributed by atoms with Crippen molar-refractivity contribution in [2.45, 2.75) is 23.8 Å². The minimum Gasteiger partial charge on any atom is -0.267 e. The average molecular weight is 433 g/mol. The van der Waals surface area contributed by atoms with Crippen LogP contribution >= 0.6 is 15.9 Å². The van der Waals surface area contributed by atoms with E-state index in [0.717, 1.165) is 11.1 Å². The normalized spacial score (nSPS) is 12.1. The van der Waals surface area contributed by atoms with Crippen molar-refractivity contribution in [1.29, 1.82) is 0 Å². The van der Waals surface area contributed by atoms with Crippen LogP contribution in [-0.4, -0.2) is 28.2 Å². The fraction of sp³-hybridized carbons (Fsp3) is 0.118. The van der Waals surface area contributed by atoms with E-state index in [1.54, 1.807) is 36.4 Å². The van der Waals surface area contributed by atoms with Crippen LogP contribution in [0.3, 0.4) is 0 Å².